The zero-order valence-electron chi connectivity index (χ0n) is 12.5. The third-order valence-corrected chi connectivity index (χ3v) is 4.08. The highest BCUT2D eigenvalue weighted by atomic mass is 15.3. The van der Waals surface area contributed by atoms with Crippen LogP contribution in [0.25, 0.3) is 0 Å². The molecule has 1 aliphatic heterocycles. The Bertz CT molecular complexity index is 586. The van der Waals surface area contributed by atoms with E-state index in [1.54, 1.807) is 0 Å². The second kappa shape index (κ2) is 6.04. The van der Waals surface area contributed by atoms with Gasteiger partial charge in [0.15, 0.2) is 0 Å². The van der Waals surface area contributed by atoms with Crippen LogP contribution in [0.1, 0.15) is 12.5 Å². The fourth-order valence-electron chi connectivity index (χ4n) is 2.73. The van der Waals surface area contributed by atoms with Crippen molar-refractivity contribution in [2.24, 2.45) is 0 Å². The number of anilines is 3. The summed E-state index contributed by atoms with van der Waals surface area (Å²) >= 11 is 0. The van der Waals surface area contributed by atoms with Gasteiger partial charge in [-0.2, -0.15) is 0 Å². The molecule has 0 bridgehead atoms. The van der Waals surface area contributed by atoms with Crippen molar-refractivity contribution in [2.75, 3.05) is 41.7 Å². The largest absolute Gasteiger partial charge is 0.399 e. The fourth-order valence-corrected chi connectivity index (χ4v) is 2.73. The topological polar surface area (TPSA) is 45.4 Å². The van der Waals surface area contributed by atoms with Gasteiger partial charge in [-0.1, -0.05) is 6.92 Å². The average molecular weight is 282 g/mol. The molecule has 1 saturated heterocycles. The summed E-state index contributed by atoms with van der Waals surface area (Å²) in [5.41, 5.74) is 9.16. The molecule has 2 aromatic rings. The van der Waals surface area contributed by atoms with Gasteiger partial charge in [0.25, 0.3) is 0 Å². The summed E-state index contributed by atoms with van der Waals surface area (Å²) in [7, 11) is 0. The molecular formula is C17H22N4. The lowest BCUT2D eigenvalue weighted by Crippen LogP contribution is -2.46. The first-order chi connectivity index (χ1) is 10.3. The summed E-state index contributed by atoms with van der Waals surface area (Å²) in [5, 5.41) is 0. The number of piperazine rings is 1. The number of benzene rings is 1. The lowest BCUT2D eigenvalue weighted by molar-refractivity contribution is 0.647. The van der Waals surface area contributed by atoms with Crippen LogP contribution in [0.15, 0.2) is 42.6 Å². The van der Waals surface area contributed by atoms with Gasteiger partial charge in [0.2, 0.25) is 0 Å². The molecule has 0 spiro atoms. The summed E-state index contributed by atoms with van der Waals surface area (Å²) in [6.45, 7) is 6.22. The molecule has 1 aromatic heterocycles. The van der Waals surface area contributed by atoms with Crippen molar-refractivity contribution in [1.82, 2.24) is 4.98 Å². The van der Waals surface area contributed by atoms with Gasteiger partial charge in [-0.15, -0.1) is 0 Å². The first-order valence-electron chi connectivity index (χ1n) is 7.56. The molecule has 4 heteroatoms. The van der Waals surface area contributed by atoms with Crippen LogP contribution in [0.5, 0.6) is 0 Å². The van der Waals surface area contributed by atoms with Crippen molar-refractivity contribution in [3.8, 4) is 0 Å². The molecule has 21 heavy (non-hydrogen) atoms. The number of rotatable bonds is 3. The van der Waals surface area contributed by atoms with Gasteiger partial charge >= 0.3 is 0 Å². The number of nitrogens with two attached hydrogens (primary N) is 1. The summed E-state index contributed by atoms with van der Waals surface area (Å²) in [5.74, 6) is 1.10. The Morgan fingerprint density at radius 2 is 1.67 bits per heavy atom. The molecule has 110 valence electrons. The Morgan fingerprint density at radius 3 is 2.33 bits per heavy atom. The van der Waals surface area contributed by atoms with Crippen LogP contribution in [-0.4, -0.2) is 31.2 Å². The third kappa shape index (κ3) is 3.10. The fraction of sp³-hybridized carbons (Fsp3) is 0.353. The van der Waals surface area contributed by atoms with E-state index in [-0.39, 0.29) is 0 Å². The predicted octanol–water partition coefficient (Wildman–Crippen LogP) is 2.55. The molecule has 0 atom stereocenters. The Labute approximate surface area is 126 Å². The predicted molar refractivity (Wildman–Crippen MR) is 88.9 cm³/mol. The van der Waals surface area contributed by atoms with E-state index < -0.39 is 0 Å². The summed E-state index contributed by atoms with van der Waals surface area (Å²) < 4.78 is 0. The van der Waals surface area contributed by atoms with Crippen molar-refractivity contribution in [1.29, 1.82) is 0 Å². The van der Waals surface area contributed by atoms with Crippen molar-refractivity contribution in [3.05, 3.63) is 48.2 Å². The minimum atomic E-state index is 0.818. The van der Waals surface area contributed by atoms with Crippen LogP contribution < -0.4 is 15.5 Å². The van der Waals surface area contributed by atoms with Gasteiger partial charge in [-0.25, -0.2) is 4.98 Å². The van der Waals surface area contributed by atoms with E-state index in [0.717, 1.165) is 44.1 Å². The molecule has 0 radical (unpaired) electrons. The molecule has 0 unspecified atom stereocenters. The highest BCUT2D eigenvalue weighted by Crippen LogP contribution is 2.20. The van der Waals surface area contributed by atoms with Gasteiger partial charge in [0.05, 0.1) is 0 Å². The summed E-state index contributed by atoms with van der Waals surface area (Å²) in [4.78, 5) is 9.28. The molecule has 0 amide bonds. The van der Waals surface area contributed by atoms with Gasteiger partial charge < -0.3 is 15.5 Å². The maximum absolute atomic E-state index is 5.75. The number of hydrogen-bond donors (Lipinski definition) is 1. The van der Waals surface area contributed by atoms with Gasteiger partial charge in [-0.05, 0) is 48.4 Å². The van der Waals surface area contributed by atoms with Crippen LogP contribution in [0.4, 0.5) is 17.2 Å². The molecule has 3 rings (SSSR count). The number of nitrogens with zero attached hydrogens (tertiary/aromatic N) is 3. The van der Waals surface area contributed by atoms with E-state index >= 15 is 0 Å². The lowest BCUT2D eigenvalue weighted by atomic mass is 10.2. The highest BCUT2D eigenvalue weighted by Gasteiger charge is 2.18. The second-order valence-electron chi connectivity index (χ2n) is 5.44. The Kier molecular flexibility index (Phi) is 3.95. The Hall–Kier alpha value is -2.23. The van der Waals surface area contributed by atoms with E-state index in [1.807, 2.05) is 18.3 Å². The third-order valence-electron chi connectivity index (χ3n) is 4.08. The van der Waals surface area contributed by atoms with Crippen LogP contribution in [0.2, 0.25) is 0 Å². The Balaban J connectivity index is 1.65. The second-order valence-corrected chi connectivity index (χ2v) is 5.44. The number of aromatic nitrogens is 1. The number of aryl methyl sites for hydroxylation is 1. The number of hydrogen-bond acceptors (Lipinski definition) is 4. The van der Waals surface area contributed by atoms with E-state index in [1.165, 1.54) is 11.3 Å². The zero-order chi connectivity index (χ0) is 14.7. The maximum atomic E-state index is 5.75. The molecular weight excluding hydrogens is 260 g/mol. The molecule has 0 saturated carbocycles. The first kappa shape index (κ1) is 13.7. The van der Waals surface area contributed by atoms with E-state index in [4.69, 9.17) is 5.73 Å². The first-order valence-corrected chi connectivity index (χ1v) is 7.56. The quantitative estimate of drug-likeness (QED) is 0.879. The van der Waals surface area contributed by atoms with Gasteiger partial charge in [0.1, 0.15) is 5.82 Å². The maximum Gasteiger partial charge on any atom is 0.128 e. The van der Waals surface area contributed by atoms with Crippen molar-refractivity contribution in [2.45, 2.75) is 13.3 Å². The average Bonchev–Trinajstić information content (AvgIpc) is 2.56. The molecule has 1 fully saturated rings. The van der Waals surface area contributed by atoms with Crippen molar-refractivity contribution < 1.29 is 0 Å². The molecule has 0 aliphatic carbocycles. The van der Waals surface area contributed by atoms with Crippen LogP contribution in [-0.2, 0) is 6.42 Å². The monoisotopic (exact) mass is 282 g/mol. The molecule has 4 nitrogen and oxygen atoms in total. The number of pyridine rings is 1. The minimum Gasteiger partial charge on any atom is -0.399 e. The van der Waals surface area contributed by atoms with E-state index in [2.05, 4.69) is 46.0 Å². The van der Waals surface area contributed by atoms with Gasteiger partial charge in [-0.3, -0.25) is 0 Å². The summed E-state index contributed by atoms with van der Waals surface area (Å²) in [6, 6.07) is 12.4. The molecule has 1 aromatic carbocycles. The van der Waals surface area contributed by atoms with Crippen LogP contribution in [0.3, 0.4) is 0 Å². The van der Waals surface area contributed by atoms with E-state index in [0.29, 0.717) is 0 Å². The Morgan fingerprint density at radius 1 is 1.00 bits per heavy atom. The van der Waals surface area contributed by atoms with Crippen molar-refractivity contribution in [3.63, 3.8) is 0 Å². The molecule has 1 aliphatic rings. The standard InChI is InChI=1S/C17H22N4/c1-2-14-7-8-19-17(13-14)21-11-9-20(10-12-21)16-5-3-15(18)4-6-16/h3-8,13H,2,9-12,18H2,1H3. The molecule has 2 N–H and O–H groups in total. The summed E-state index contributed by atoms with van der Waals surface area (Å²) in [6.07, 6.45) is 2.97. The highest BCUT2D eigenvalue weighted by molar-refractivity contribution is 5.54. The zero-order valence-corrected chi connectivity index (χ0v) is 12.5. The van der Waals surface area contributed by atoms with Crippen molar-refractivity contribution >= 4 is 17.2 Å². The van der Waals surface area contributed by atoms with Crippen LogP contribution in [0, 0.1) is 0 Å². The van der Waals surface area contributed by atoms with E-state index in [9.17, 15) is 0 Å². The smallest absolute Gasteiger partial charge is 0.128 e. The normalized spacial score (nSPS) is 15.3. The lowest BCUT2D eigenvalue weighted by Gasteiger charge is -2.36. The minimum absolute atomic E-state index is 0.818. The molecule has 2 heterocycles. The van der Waals surface area contributed by atoms with Gasteiger partial charge in [0, 0.05) is 43.8 Å². The SMILES string of the molecule is CCc1ccnc(N2CCN(c3ccc(N)cc3)CC2)c1. The van der Waals surface area contributed by atoms with Crippen LogP contribution >= 0.6 is 0 Å². The number of nitrogen functional groups attached to an aromatic ring is 1.